The minimum Gasteiger partial charge on any atom is -0.496 e. The molecular formula is C15H13Br2NO2S. The topological polar surface area (TPSA) is 44.5 Å². The Balaban J connectivity index is 2.15. The summed E-state index contributed by atoms with van der Waals surface area (Å²) in [4.78, 5) is 0.315. The molecule has 0 unspecified atom stereocenters. The SMILES string of the molecule is COc1cc(COc2ccc(Br)cc2Br)ccc1C(N)=S. The zero-order valence-corrected chi connectivity index (χ0v) is 15.2. The van der Waals surface area contributed by atoms with E-state index >= 15 is 0 Å². The first kappa shape index (κ1) is 16.3. The fourth-order valence-corrected chi connectivity index (χ4v) is 3.11. The number of ether oxygens (including phenoxy) is 2. The van der Waals surface area contributed by atoms with Crippen molar-refractivity contribution in [2.45, 2.75) is 6.61 Å². The Bertz CT molecular complexity index is 677. The molecule has 0 fully saturated rings. The zero-order valence-electron chi connectivity index (χ0n) is 11.2. The molecule has 6 heteroatoms. The van der Waals surface area contributed by atoms with E-state index in [4.69, 9.17) is 27.4 Å². The smallest absolute Gasteiger partial charge is 0.134 e. The molecule has 2 aromatic rings. The van der Waals surface area contributed by atoms with Crippen molar-refractivity contribution >= 4 is 49.1 Å². The fraction of sp³-hybridized carbons (Fsp3) is 0.133. The Morgan fingerprint density at radius 1 is 1.14 bits per heavy atom. The van der Waals surface area contributed by atoms with Crippen molar-refractivity contribution in [3.63, 3.8) is 0 Å². The van der Waals surface area contributed by atoms with Crippen LogP contribution in [0.4, 0.5) is 0 Å². The van der Waals surface area contributed by atoms with E-state index in [9.17, 15) is 0 Å². The van der Waals surface area contributed by atoms with Gasteiger partial charge in [-0.2, -0.15) is 0 Å². The van der Waals surface area contributed by atoms with E-state index in [1.165, 1.54) is 0 Å². The summed E-state index contributed by atoms with van der Waals surface area (Å²) in [7, 11) is 1.59. The van der Waals surface area contributed by atoms with Crippen molar-refractivity contribution in [1.29, 1.82) is 0 Å². The van der Waals surface area contributed by atoms with Gasteiger partial charge in [0.25, 0.3) is 0 Å². The first-order valence-corrected chi connectivity index (χ1v) is 8.05. The highest BCUT2D eigenvalue weighted by Gasteiger charge is 2.08. The third kappa shape index (κ3) is 4.18. The average Bonchev–Trinajstić information content (AvgIpc) is 2.45. The fourth-order valence-electron chi connectivity index (χ4n) is 1.78. The highest BCUT2D eigenvalue weighted by molar-refractivity contribution is 9.11. The van der Waals surface area contributed by atoms with E-state index in [0.29, 0.717) is 17.3 Å². The summed E-state index contributed by atoms with van der Waals surface area (Å²) in [6.45, 7) is 0.425. The van der Waals surface area contributed by atoms with Crippen LogP contribution < -0.4 is 15.2 Å². The van der Waals surface area contributed by atoms with Gasteiger partial charge in [0.05, 0.1) is 17.1 Å². The number of benzene rings is 2. The Labute approximate surface area is 145 Å². The van der Waals surface area contributed by atoms with Crippen molar-refractivity contribution in [1.82, 2.24) is 0 Å². The lowest BCUT2D eigenvalue weighted by Gasteiger charge is -2.11. The summed E-state index contributed by atoms with van der Waals surface area (Å²) in [5.74, 6) is 1.43. The molecule has 0 heterocycles. The standard InChI is InChI=1S/C15H13Br2NO2S/c1-19-14-6-9(2-4-11(14)15(18)21)8-20-13-5-3-10(16)7-12(13)17/h2-7H,8H2,1H3,(H2,18,21). The third-order valence-electron chi connectivity index (χ3n) is 2.82. The molecule has 0 radical (unpaired) electrons. The second-order valence-electron chi connectivity index (χ2n) is 4.26. The van der Waals surface area contributed by atoms with Crippen LogP contribution in [0, 0.1) is 0 Å². The van der Waals surface area contributed by atoms with Crippen LogP contribution in [0.25, 0.3) is 0 Å². The highest BCUT2D eigenvalue weighted by atomic mass is 79.9. The van der Waals surface area contributed by atoms with Crippen LogP contribution >= 0.6 is 44.1 Å². The highest BCUT2D eigenvalue weighted by Crippen LogP contribution is 2.29. The summed E-state index contributed by atoms with van der Waals surface area (Å²) in [5.41, 5.74) is 7.35. The van der Waals surface area contributed by atoms with Gasteiger partial charge in [0.1, 0.15) is 23.1 Å². The number of halogens is 2. The van der Waals surface area contributed by atoms with Crippen molar-refractivity contribution in [3.05, 3.63) is 56.5 Å². The quantitative estimate of drug-likeness (QED) is 0.712. The predicted molar refractivity (Wildman–Crippen MR) is 95.1 cm³/mol. The summed E-state index contributed by atoms with van der Waals surface area (Å²) >= 11 is 11.9. The summed E-state index contributed by atoms with van der Waals surface area (Å²) < 4.78 is 13.0. The van der Waals surface area contributed by atoms with E-state index in [0.717, 1.165) is 25.8 Å². The number of methoxy groups -OCH3 is 1. The van der Waals surface area contributed by atoms with Crippen LogP contribution in [-0.2, 0) is 6.61 Å². The second kappa shape index (κ2) is 7.24. The lowest BCUT2D eigenvalue weighted by Crippen LogP contribution is -2.11. The van der Waals surface area contributed by atoms with Gasteiger partial charge in [-0.3, -0.25) is 0 Å². The first-order valence-electron chi connectivity index (χ1n) is 6.06. The van der Waals surface area contributed by atoms with Gasteiger partial charge in [-0.05, 0) is 51.8 Å². The first-order chi connectivity index (χ1) is 10.0. The molecule has 2 rings (SSSR count). The summed E-state index contributed by atoms with van der Waals surface area (Å²) in [6, 6.07) is 11.4. The molecule has 2 aromatic carbocycles. The molecule has 110 valence electrons. The van der Waals surface area contributed by atoms with Crippen molar-refractivity contribution < 1.29 is 9.47 Å². The van der Waals surface area contributed by atoms with E-state index in [2.05, 4.69) is 31.9 Å². The van der Waals surface area contributed by atoms with Gasteiger partial charge in [0.15, 0.2) is 0 Å². The molecule has 0 aliphatic rings. The second-order valence-corrected chi connectivity index (χ2v) is 6.47. The Morgan fingerprint density at radius 2 is 1.90 bits per heavy atom. The molecule has 0 atom stereocenters. The Hall–Kier alpha value is -1.11. The number of nitrogens with two attached hydrogens (primary N) is 1. The van der Waals surface area contributed by atoms with Gasteiger partial charge >= 0.3 is 0 Å². The maximum atomic E-state index is 5.79. The normalized spacial score (nSPS) is 10.2. The number of thiocarbonyl (C=S) groups is 1. The lowest BCUT2D eigenvalue weighted by molar-refractivity contribution is 0.303. The van der Waals surface area contributed by atoms with Crippen LogP contribution in [0.3, 0.4) is 0 Å². The maximum Gasteiger partial charge on any atom is 0.134 e. The van der Waals surface area contributed by atoms with Gasteiger partial charge in [0.2, 0.25) is 0 Å². The number of rotatable bonds is 5. The third-order valence-corrected chi connectivity index (χ3v) is 4.15. The average molecular weight is 431 g/mol. The molecule has 0 saturated carbocycles. The van der Waals surface area contributed by atoms with Crippen LogP contribution in [0.1, 0.15) is 11.1 Å². The van der Waals surface area contributed by atoms with Gasteiger partial charge in [-0.25, -0.2) is 0 Å². The number of hydrogen-bond acceptors (Lipinski definition) is 3. The van der Waals surface area contributed by atoms with E-state index in [-0.39, 0.29) is 0 Å². The summed E-state index contributed by atoms with van der Waals surface area (Å²) in [5, 5.41) is 0. The molecule has 0 aliphatic carbocycles. The predicted octanol–water partition coefficient (Wildman–Crippen LogP) is 4.43. The minimum atomic E-state index is 0.315. The van der Waals surface area contributed by atoms with E-state index in [1.807, 2.05) is 36.4 Å². The molecule has 0 spiro atoms. The summed E-state index contributed by atoms with van der Waals surface area (Å²) in [6.07, 6.45) is 0. The van der Waals surface area contributed by atoms with Crippen LogP contribution in [0.2, 0.25) is 0 Å². The van der Waals surface area contributed by atoms with Crippen LogP contribution in [-0.4, -0.2) is 12.1 Å². The molecule has 2 N–H and O–H groups in total. The van der Waals surface area contributed by atoms with Crippen LogP contribution in [0.15, 0.2) is 45.3 Å². The van der Waals surface area contributed by atoms with Crippen LogP contribution in [0.5, 0.6) is 11.5 Å². The Kier molecular flexibility index (Phi) is 5.61. The largest absolute Gasteiger partial charge is 0.496 e. The Morgan fingerprint density at radius 3 is 2.52 bits per heavy atom. The van der Waals surface area contributed by atoms with E-state index < -0.39 is 0 Å². The molecular weight excluding hydrogens is 418 g/mol. The maximum absolute atomic E-state index is 5.79. The van der Waals surface area contributed by atoms with Crippen molar-refractivity contribution in [2.75, 3.05) is 7.11 Å². The monoisotopic (exact) mass is 429 g/mol. The molecule has 0 bridgehead atoms. The molecule has 3 nitrogen and oxygen atoms in total. The van der Waals surface area contributed by atoms with Gasteiger partial charge in [-0.1, -0.05) is 34.2 Å². The minimum absolute atomic E-state index is 0.315. The van der Waals surface area contributed by atoms with Crippen molar-refractivity contribution in [3.8, 4) is 11.5 Å². The molecule has 0 amide bonds. The van der Waals surface area contributed by atoms with Gasteiger partial charge in [-0.15, -0.1) is 0 Å². The zero-order chi connectivity index (χ0) is 15.4. The lowest BCUT2D eigenvalue weighted by atomic mass is 10.1. The van der Waals surface area contributed by atoms with E-state index in [1.54, 1.807) is 7.11 Å². The molecule has 0 saturated heterocycles. The molecule has 0 aromatic heterocycles. The van der Waals surface area contributed by atoms with Gasteiger partial charge < -0.3 is 15.2 Å². The van der Waals surface area contributed by atoms with Gasteiger partial charge in [0, 0.05) is 4.47 Å². The number of hydrogen-bond donors (Lipinski definition) is 1. The molecule has 0 aliphatic heterocycles. The molecule has 21 heavy (non-hydrogen) atoms. The van der Waals surface area contributed by atoms with Crippen molar-refractivity contribution in [2.24, 2.45) is 5.73 Å².